The third-order valence-corrected chi connectivity index (χ3v) is 3.05. The van der Waals surface area contributed by atoms with E-state index in [9.17, 15) is 4.79 Å². The van der Waals surface area contributed by atoms with Gasteiger partial charge in [-0.3, -0.25) is 15.1 Å². The van der Waals surface area contributed by atoms with E-state index < -0.39 is 0 Å². The van der Waals surface area contributed by atoms with Gasteiger partial charge in [0.25, 0.3) is 0 Å². The Balaban J connectivity index is 1.91. The van der Waals surface area contributed by atoms with E-state index in [2.05, 4.69) is 29.5 Å². The summed E-state index contributed by atoms with van der Waals surface area (Å²) in [7, 11) is 0. The van der Waals surface area contributed by atoms with Crippen LogP contribution in [0.3, 0.4) is 0 Å². The number of amides is 1. The molecule has 0 bridgehead atoms. The Bertz CT molecular complexity index is 282. The number of guanidine groups is 1. The molecular formula is C11H19N3O. The van der Waals surface area contributed by atoms with Crippen molar-refractivity contribution in [1.29, 1.82) is 0 Å². The average Bonchev–Trinajstić information content (AvgIpc) is 2.42. The summed E-state index contributed by atoms with van der Waals surface area (Å²) in [5, 5.41) is 6.00. The fraction of sp³-hybridized carbons (Fsp3) is 0.818. The van der Waals surface area contributed by atoms with Crippen LogP contribution in [0.1, 0.15) is 33.1 Å². The monoisotopic (exact) mass is 209 g/mol. The topological polar surface area (TPSA) is 53.5 Å². The number of nitrogens with one attached hydrogen (secondary N) is 2. The molecule has 2 aliphatic rings. The van der Waals surface area contributed by atoms with Gasteiger partial charge >= 0.3 is 0 Å². The highest BCUT2D eigenvalue weighted by atomic mass is 16.2. The van der Waals surface area contributed by atoms with Crippen molar-refractivity contribution in [3.05, 3.63) is 0 Å². The van der Waals surface area contributed by atoms with Gasteiger partial charge in [-0.15, -0.1) is 0 Å². The number of nitrogens with zero attached hydrogens (tertiary/aromatic N) is 1. The molecule has 2 N–H and O–H groups in total. The van der Waals surface area contributed by atoms with Gasteiger partial charge in [0, 0.05) is 6.54 Å². The van der Waals surface area contributed by atoms with Crippen molar-refractivity contribution in [2.24, 2.45) is 16.8 Å². The second kappa shape index (κ2) is 4.21. The maximum Gasteiger partial charge on any atom is 0.249 e. The molecule has 4 heteroatoms. The summed E-state index contributed by atoms with van der Waals surface area (Å²) in [6.45, 7) is 4.99. The van der Waals surface area contributed by atoms with Gasteiger partial charge in [-0.1, -0.05) is 20.3 Å². The zero-order chi connectivity index (χ0) is 10.8. The smallest absolute Gasteiger partial charge is 0.249 e. The van der Waals surface area contributed by atoms with Gasteiger partial charge in [0.05, 0.1) is 0 Å². The maximum absolute atomic E-state index is 11.6. The molecule has 0 aromatic rings. The molecule has 1 atom stereocenters. The summed E-state index contributed by atoms with van der Waals surface area (Å²) in [6.07, 6.45) is 3.60. The van der Waals surface area contributed by atoms with Gasteiger partial charge < -0.3 is 5.32 Å². The number of rotatable bonds is 3. The van der Waals surface area contributed by atoms with Gasteiger partial charge in [0.15, 0.2) is 5.96 Å². The van der Waals surface area contributed by atoms with Crippen LogP contribution in [-0.4, -0.2) is 24.5 Å². The van der Waals surface area contributed by atoms with Crippen molar-refractivity contribution in [2.45, 2.75) is 39.2 Å². The summed E-state index contributed by atoms with van der Waals surface area (Å²) >= 11 is 0. The van der Waals surface area contributed by atoms with E-state index in [1.807, 2.05) is 0 Å². The van der Waals surface area contributed by atoms with Crippen molar-refractivity contribution in [2.75, 3.05) is 6.54 Å². The van der Waals surface area contributed by atoms with Crippen molar-refractivity contribution in [3.8, 4) is 0 Å². The molecule has 2 fully saturated rings. The van der Waals surface area contributed by atoms with Crippen LogP contribution in [-0.2, 0) is 4.79 Å². The average molecular weight is 209 g/mol. The summed E-state index contributed by atoms with van der Waals surface area (Å²) in [5.41, 5.74) is 0. The van der Waals surface area contributed by atoms with E-state index in [4.69, 9.17) is 0 Å². The fourth-order valence-corrected chi connectivity index (χ4v) is 1.91. The largest absolute Gasteiger partial charge is 0.344 e. The van der Waals surface area contributed by atoms with Gasteiger partial charge in [-0.25, -0.2) is 0 Å². The Morgan fingerprint density at radius 2 is 2.20 bits per heavy atom. The van der Waals surface area contributed by atoms with Crippen LogP contribution in [0.15, 0.2) is 4.99 Å². The number of aliphatic imine (C=N–C) groups is 1. The summed E-state index contributed by atoms with van der Waals surface area (Å²) < 4.78 is 0. The Hall–Kier alpha value is -1.06. The first-order valence-electron chi connectivity index (χ1n) is 5.78. The van der Waals surface area contributed by atoms with Crippen LogP contribution in [0.4, 0.5) is 0 Å². The molecule has 4 nitrogen and oxygen atoms in total. The SMILES string of the molecule is CC(C)CN=C1NC(=O)C(C2CCC2)N1. The van der Waals surface area contributed by atoms with Gasteiger partial charge in [-0.05, 0) is 24.7 Å². The molecule has 2 rings (SSSR count). The lowest BCUT2D eigenvalue weighted by atomic mass is 9.80. The Morgan fingerprint density at radius 1 is 1.47 bits per heavy atom. The van der Waals surface area contributed by atoms with Crippen molar-refractivity contribution in [1.82, 2.24) is 10.6 Å². The zero-order valence-electron chi connectivity index (χ0n) is 9.42. The molecule has 0 aromatic carbocycles. The van der Waals surface area contributed by atoms with E-state index in [1.54, 1.807) is 0 Å². The molecule has 84 valence electrons. The number of hydrogen-bond acceptors (Lipinski definition) is 2. The molecule has 0 spiro atoms. The third kappa shape index (κ3) is 2.30. The van der Waals surface area contributed by atoms with Crippen molar-refractivity contribution >= 4 is 11.9 Å². The van der Waals surface area contributed by atoms with Gasteiger partial charge in [0.1, 0.15) is 6.04 Å². The van der Waals surface area contributed by atoms with Crippen LogP contribution in [0.25, 0.3) is 0 Å². The quantitative estimate of drug-likeness (QED) is 0.725. The van der Waals surface area contributed by atoms with E-state index in [-0.39, 0.29) is 11.9 Å². The number of carbonyl (C=O) groups excluding carboxylic acids is 1. The summed E-state index contributed by atoms with van der Waals surface area (Å²) in [5.74, 6) is 1.82. The lowest BCUT2D eigenvalue weighted by Crippen LogP contribution is -2.40. The van der Waals surface area contributed by atoms with Crippen LogP contribution in [0.2, 0.25) is 0 Å². The first-order chi connectivity index (χ1) is 7.16. The molecule has 1 heterocycles. The van der Waals surface area contributed by atoms with Crippen molar-refractivity contribution < 1.29 is 4.79 Å². The standard InChI is InChI=1S/C11H19N3O/c1-7(2)6-12-11-13-9(10(15)14-11)8-4-3-5-8/h7-9H,3-6H2,1-2H3,(H2,12,13,14,15). The highest BCUT2D eigenvalue weighted by molar-refractivity contribution is 6.06. The molecule has 1 aliphatic heterocycles. The van der Waals surface area contributed by atoms with E-state index in [0.29, 0.717) is 17.8 Å². The number of carbonyl (C=O) groups is 1. The molecule has 1 saturated heterocycles. The van der Waals surface area contributed by atoms with Gasteiger partial charge in [-0.2, -0.15) is 0 Å². The molecular weight excluding hydrogens is 190 g/mol. The lowest BCUT2D eigenvalue weighted by Gasteiger charge is -2.29. The Morgan fingerprint density at radius 3 is 2.73 bits per heavy atom. The lowest BCUT2D eigenvalue weighted by molar-refractivity contribution is -0.121. The number of hydrogen-bond donors (Lipinski definition) is 2. The van der Waals surface area contributed by atoms with Crippen LogP contribution < -0.4 is 10.6 Å². The predicted molar refractivity (Wildman–Crippen MR) is 59.5 cm³/mol. The Labute approximate surface area is 90.5 Å². The molecule has 1 saturated carbocycles. The van der Waals surface area contributed by atoms with E-state index in [1.165, 1.54) is 19.3 Å². The van der Waals surface area contributed by atoms with E-state index in [0.717, 1.165) is 6.54 Å². The molecule has 1 unspecified atom stereocenters. The highest BCUT2D eigenvalue weighted by Crippen LogP contribution is 2.30. The highest BCUT2D eigenvalue weighted by Gasteiger charge is 2.37. The molecule has 1 amide bonds. The first kappa shape index (κ1) is 10.5. The second-order valence-corrected chi connectivity index (χ2v) is 4.89. The van der Waals surface area contributed by atoms with Crippen LogP contribution in [0.5, 0.6) is 0 Å². The predicted octanol–water partition coefficient (Wildman–Crippen LogP) is 0.886. The normalized spacial score (nSPS) is 29.1. The fourth-order valence-electron chi connectivity index (χ4n) is 1.91. The van der Waals surface area contributed by atoms with Crippen LogP contribution >= 0.6 is 0 Å². The molecule has 0 radical (unpaired) electrons. The third-order valence-electron chi connectivity index (χ3n) is 3.05. The summed E-state index contributed by atoms with van der Waals surface area (Å²) in [6, 6.07) is -0.0235. The van der Waals surface area contributed by atoms with Gasteiger partial charge in [0.2, 0.25) is 5.91 Å². The minimum Gasteiger partial charge on any atom is -0.344 e. The molecule has 15 heavy (non-hydrogen) atoms. The minimum absolute atomic E-state index is 0.0235. The van der Waals surface area contributed by atoms with Crippen LogP contribution in [0, 0.1) is 11.8 Å². The molecule has 1 aliphatic carbocycles. The second-order valence-electron chi connectivity index (χ2n) is 4.89. The molecule has 0 aromatic heterocycles. The zero-order valence-corrected chi connectivity index (χ0v) is 9.42. The van der Waals surface area contributed by atoms with E-state index >= 15 is 0 Å². The maximum atomic E-state index is 11.6. The summed E-state index contributed by atoms with van der Waals surface area (Å²) in [4.78, 5) is 15.9. The van der Waals surface area contributed by atoms with Crippen molar-refractivity contribution in [3.63, 3.8) is 0 Å². The Kier molecular flexibility index (Phi) is 2.93. The first-order valence-corrected chi connectivity index (χ1v) is 5.78. The minimum atomic E-state index is -0.0235.